The Balaban J connectivity index is 1.75. The van der Waals surface area contributed by atoms with Gasteiger partial charge in [0.15, 0.2) is 5.76 Å². The van der Waals surface area contributed by atoms with Gasteiger partial charge < -0.3 is 15.1 Å². The van der Waals surface area contributed by atoms with Crippen LogP contribution in [0.5, 0.6) is 0 Å². The lowest BCUT2D eigenvalue weighted by molar-refractivity contribution is -0.123. The van der Waals surface area contributed by atoms with Crippen molar-refractivity contribution in [2.24, 2.45) is 0 Å². The summed E-state index contributed by atoms with van der Waals surface area (Å²) in [5.41, 5.74) is 1.73. The van der Waals surface area contributed by atoms with Gasteiger partial charge in [-0.05, 0) is 42.3 Å². The molecule has 0 bridgehead atoms. The second-order valence-electron chi connectivity index (χ2n) is 6.60. The quantitative estimate of drug-likeness (QED) is 0.564. The minimum absolute atomic E-state index is 0.147. The van der Waals surface area contributed by atoms with Crippen LogP contribution in [-0.2, 0) is 11.2 Å². The Morgan fingerprint density at radius 3 is 2.38 bits per heavy atom. The van der Waals surface area contributed by atoms with E-state index in [4.69, 9.17) is 27.6 Å². The number of furan rings is 1. The normalized spacial score (nSPS) is 12.8. The number of nitrogens with one attached hydrogen (secondary N) is 2. The van der Waals surface area contributed by atoms with E-state index in [2.05, 4.69) is 10.6 Å². The summed E-state index contributed by atoms with van der Waals surface area (Å²) >= 11 is 12.0. The van der Waals surface area contributed by atoms with Gasteiger partial charge in [-0.15, -0.1) is 0 Å². The van der Waals surface area contributed by atoms with Gasteiger partial charge in [-0.3, -0.25) is 9.59 Å². The highest BCUT2D eigenvalue weighted by molar-refractivity contribution is 6.42. The predicted molar refractivity (Wildman–Crippen MR) is 113 cm³/mol. The van der Waals surface area contributed by atoms with Crippen LogP contribution in [0, 0.1) is 0 Å². The first kappa shape index (κ1) is 21.0. The molecular weight excluding hydrogens is 411 g/mol. The monoisotopic (exact) mass is 430 g/mol. The molecule has 2 amide bonds. The van der Waals surface area contributed by atoms with Gasteiger partial charge in [0.25, 0.3) is 5.91 Å². The van der Waals surface area contributed by atoms with Gasteiger partial charge in [-0.25, -0.2) is 0 Å². The van der Waals surface area contributed by atoms with E-state index >= 15 is 0 Å². The Morgan fingerprint density at radius 1 is 0.966 bits per heavy atom. The fourth-order valence-corrected chi connectivity index (χ4v) is 3.18. The summed E-state index contributed by atoms with van der Waals surface area (Å²) in [6, 6.07) is 16.7. The van der Waals surface area contributed by atoms with E-state index in [1.807, 2.05) is 37.3 Å². The van der Waals surface area contributed by atoms with Gasteiger partial charge in [0.1, 0.15) is 6.04 Å². The summed E-state index contributed by atoms with van der Waals surface area (Å²) < 4.78 is 5.13. The number of halogens is 2. The molecule has 3 aromatic rings. The minimum Gasteiger partial charge on any atom is -0.459 e. The van der Waals surface area contributed by atoms with Gasteiger partial charge in [0.2, 0.25) is 5.91 Å². The Labute approximate surface area is 179 Å². The number of hydrogen-bond acceptors (Lipinski definition) is 3. The first-order chi connectivity index (χ1) is 13.9. The molecule has 7 heteroatoms. The molecule has 0 radical (unpaired) electrons. The van der Waals surface area contributed by atoms with Crippen molar-refractivity contribution in [2.45, 2.75) is 25.4 Å². The summed E-state index contributed by atoms with van der Waals surface area (Å²) in [7, 11) is 0. The van der Waals surface area contributed by atoms with E-state index in [9.17, 15) is 9.59 Å². The van der Waals surface area contributed by atoms with Crippen LogP contribution in [0.4, 0.5) is 0 Å². The Kier molecular flexibility index (Phi) is 6.96. The van der Waals surface area contributed by atoms with E-state index in [0.717, 1.165) is 11.1 Å². The largest absolute Gasteiger partial charge is 0.459 e. The third kappa shape index (κ3) is 5.62. The average Bonchev–Trinajstić information content (AvgIpc) is 3.25. The van der Waals surface area contributed by atoms with Crippen molar-refractivity contribution in [3.63, 3.8) is 0 Å². The van der Waals surface area contributed by atoms with Gasteiger partial charge in [-0.2, -0.15) is 0 Å². The first-order valence-electron chi connectivity index (χ1n) is 9.07. The smallest absolute Gasteiger partial charge is 0.287 e. The van der Waals surface area contributed by atoms with E-state index < -0.39 is 11.9 Å². The van der Waals surface area contributed by atoms with Crippen molar-refractivity contribution in [1.82, 2.24) is 10.6 Å². The minimum atomic E-state index is -0.778. The highest BCUT2D eigenvalue weighted by Crippen LogP contribution is 2.25. The van der Waals surface area contributed by atoms with Crippen molar-refractivity contribution in [1.29, 1.82) is 0 Å². The lowest BCUT2D eigenvalue weighted by Gasteiger charge is -2.22. The second-order valence-corrected chi connectivity index (χ2v) is 7.41. The number of hydrogen-bond donors (Lipinski definition) is 2. The summed E-state index contributed by atoms with van der Waals surface area (Å²) in [6.45, 7) is 1.84. The van der Waals surface area contributed by atoms with Crippen LogP contribution in [0.3, 0.4) is 0 Å². The second kappa shape index (κ2) is 9.63. The molecule has 1 unspecified atom stereocenters. The van der Waals surface area contributed by atoms with Gasteiger partial charge >= 0.3 is 0 Å². The van der Waals surface area contributed by atoms with Gasteiger partial charge in [0, 0.05) is 6.42 Å². The van der Waals surface area contributed by atoms with Crippen LogP contribution >= 0.6 is 23.2 Å². The average molecular weight is 431 g/mol. The number of carbonyl (C=O) groups is 2. The zero-order valence-corrected chi connectivity index (χ0v) is 17.2. The van der Waals surface area contributed by atoms with E-state index in [0.29, 0.717) is 16.5 Å². The highest BCUT2D eigenvalue weighted by atomic mass is 35.5. The maximum Gasteiger partial charge on any atom is 0.287 e. The van der Waals surface area contributed by atoms with Crippen LogP contribution < -0.4 is 10.6 Å². The third-order valence-corrected chi connectivity index (χ3v) is 5.19. The molecule has 2 N–H and O–H groups in total. The maximum atomic E-state index is 13.0. The molecule has 0 aliphatic heterocycles. The highest BCUT2D eigenvalue weighted by Gasteiger charge is 2.24. The topological polar surface area (TPSA) is 71.3 Å². The molecule has 0 spiro atoms. The maximum absolute atomic E-state index is 13.0. The van der Waals surface area contributed by atoms with Crippen LogP contribution in [0.2, 0.25) is 10.0 Å². The number of rotatable bonds is 7. The van der Waals surface area contributed by atoms with Crippen molar-refractivity contribution < 1.29 is 14.0 Å². The molecule has 1 aromatic heterocycles. The Morgan fingerprint density at radius 2 is 1.72 bits per heavy atom. The van der Waals surface area contributed by atoms with Crippen molar-refractivity contribution in [3.05, 3.63) is 93.9 Å². The molecule has 3 rings (SSSR count). The molecule has 0 saturated heterocycles. The Bertz CT molecular complexity index is 975. The van der Waals surface area contributed by atoms with Crippen molar-refractivity contribution in [2.75, 3.05) is 0 Å². The number of amides is 2. The van der Waals surface area contributed by atoms with Crippen LogP contribution in [0.1, 0.15) is 34.6 Å². The van der Waals surface area contributed by atoms with E-state index in [-0.39, 0.29) is 17.7 Å². The molecule has 150 valence electrons. The standard InChI is InChI=1S/C22H20Cl2N2O3/c1-14(16-9-10-17(23)18(24)13-16)25-21(27)19(12-15-6-3-2-4-7-15)26-22(28)20-8-5-11-29-20/h2-11,13-14,19H,12H2,1H3,(H,25,27)(H,26,28)/t14?,19-/m0/s1. The molecular formula is C22H20Cl2N2O3. The molecule has 2 aromatic carbocycles. The molecule has 0 aliphatic carbocycles. The van der Waals surface area contributed by atoms with E-state index in [1.54, 1.807) is 30.3 Å². The Hall–Kier alpha value is -2.76. The van der Waals surface area contributed by atoms with Crippen LogP contribution in [-0.4, -0.2) is 17.9 Å². The zero-order valence-electron chi connectivity index (χ0n) is 15.7. The van der Waals surface area contributed by atoms with Crippen molar-refractivity contribution in [3.8, 4) is 0 Å². The number of carbonyl (C=O) groups excluding carboxylic acids is 2. The fourth-order valence-electron chi connectivity index (χ4n) is 2.88. The molecule has 2 atom stereocenters. The summed E-state index contributed by atoms with van der Waals surface area (Å²) in [6.07, 6.45) is 1.75. The summed E-state index contributed by atoms with van der Waals surface area (Å²) in [4.78, 5) is 25.4. The first-order valence-corrected chi connectivity index (χ1v) is 9.83. The van der Waals surface area contributed by atoms with Crippen LogP contribution in [0.25, 0.3) is 0 Å². The lowest BCUT2D eigenvalue weighted by atomic mass is 10.0. The lowest BCUT2D eigenvalue weighted by Crippen LogP contribution is -2.48. The summed E-state index contributed by atoms with van der Waals surface area (Å²) in [5.74, 6) is -0.617. The number of benzene rings is 2. The molecule has 0 fully saturated rings. The summed E-state index contributed by atoms with van der Waals surface area (Å²) in [5, 5.41) is 6.54. The molecule has 1 heterocycles. The third-order valence-electron chi connectivity index (χ3n) is 4.45. The fraction of sp³-hybridized carbons (Fsp3) is 0.182. The van der Waals surface area contributed by atoms with Crippen LogP contribution in [0.15, 0.2) is 71.3 Å². The molecule has 0 aliphatic rings. The van der Waals surface area contributed by atoms with E-state index in [1.165, 1.54) is 6.26 Å². The molecule has 5 nitrogen and oxygen atoms in total. The molecule has 29 heavy (non-hydrogen) atoms. The predicted octanol–water partition coefficient (Wildman–Crippen LogP) is 4.80. The molecule has 0 saturated carbocycles. The zero-order chi connectivity index (χ0) is 20.8. The SMILES string of the molecule is CC(NC(=O)[C@H](Cc1ccccc1)NC(=O)c1ccco1)c1ccc(Cl)c(Cl)c1. The van der Waals surface area contributed by atoms with Gasteiger partial charge in [0.05, 0.1) is 22.4 Å². The van der Waals surface area contributed by atoms with Crippen molar-refractivity contribution >= 4 is 35.0 Å². The van der Waals surface area contributed by atoms with Gasteiger partial charge in [-0.1, -0.05) is 59.6 Å².